The topological polar surface area (TPSA) is 82.2 Å². The van der Waals surface area contributed by atoms with E-state index in [-0.39, 0.29) is 12.2 Å². The Kier molecular flexibility index (Phi) is 2.78. The summed E-state index contributed by atoms with van der Waals surface area (Å²) in [5.74, 6) is -0.421. The van der Waals surface area contributed by atoms with Gasteiger partial charge in [0.1, 0.15) is 5.56 Å². The van der Waals surface area contributed by atoms with Crippen LogP contribution >= 0.6 is 0 Å². The lowest BCUT2D eigenvalue weighted by Crippen LogP contribution is -2.56. The largest absolute Gasteiger partial charge is 0.394 e. The van der Waals surface area contributed by atoms with Gasteiger partial charge in [-0.25, -0.2) is 0 Å². The van der Waals surface area contributed by atoms with Gasteiger partial charge < -0.3 is 15.4 Å². The number of rotatable bonds is 3. The molecule has 1 aliphatic rings. The molecule has 1 heterocycles. The zero-order valence-corrected chi connectivity index (χ0v) is 8.82. The number of hydrogen-bond acceptors (Lipinski definition) is 3. The molecule has 5 nitrogen and oxygen atoms in total. The highest BCUT2D eigenvalue weighted by atomic mass is 16.3. The van der Waals surface area contributed by atoms with Crippen molar-refractivity contribution in [2.75, 3.05) is 6.61 Å². The summed E-state index contributed by atoms with van der Waals surface area (Å²) in [7, 11) is 0. The normalized spacial score (nSPS) is 17.6. The Morgan fingerprint density at radius 2 is 2.31 bits per heavy atom. The Balaban J connectivity index is 2.15. The molecule has 0 aromatic carbocycles. The number of H-pyrrole nitrogens is 1. The second kappa shape index (κ2) is 4.09. The number of aromatic amines is 1. The van der Waals surface area contributed by atoms with Gasteiger partial charge in [0, 0.05) is 6.20 Å². The molecule has 0 aliphatic heterocycles. The predicted octanol–water partition coefficient (Wildman–Crippen LogP) is 0.0197. The molecule has 1 aliphatic carbocycles. The van der Waals surface area contributed by atoms with Crippen LogP contribution in [0.5, 0.6) is 0 Å². The molecule has 1 fully saturated rings. The Morgan fingerprint density at radius 3 is 2.81 bits per heavy atom. The fourth-order valence-electron chi connectivity index (χ4n) is 1.83. The number of carbonyl (C=O) groups is 1. The predicted molar refractivity (Wildman–Crippen MR) is 58.2 cm³/mol. The van der Waals surface area contributed by atoms with E-state index in [1.165, 1.54) is 12.3 Å². The first-order valence-corrected chi connectivity index (χ1v) is 5.28. The van der Waals surface area contributed by atoms with Crippen molar-refractivity contribution in [1.29, 1.82) is 0 Å². The monoisotopic (exact) mass is 222 g/mol. The number of aromatic nitrogens is 1. The van der Waals surface area contributed by atoms with Crippen molar-refractivity contribution >= 4 is 5.91 Å². The zero-order valence-electron chi connectivity index (χ0n) is 8.82. The fourth-order valence-corrected chi connectivity index (χ4v) is 1.83. The smallest absolute Gasteiger partial charge is 0.260 e. The standard InChI is InChI=1S/C11H14N2O3/c14-7-11(4-2-5-11)13-10(16)8-3-1-6-12-9(8)15/h1,3,6,14H,2,4-5,7H2,(H,12,15)(H,13,16). The third-order valence-electron chi connectivity index (χ3n) is 3.05. The molecule has 86 valence electrons. The minimum absolute atomic E-state index is 0.0799. The van der Waals surface area contributed by atoms with Gasteiger partial charge in [0.25, 0.3) is 11.5 Å². The van der Waals surface area contributed by atoms with E-state index < -0.39 is 17.0 Å². The highest BCUT2D eigenvalue weighted by Gasteiger charge is 2.38. The minimum Gasteiger partial charge on any atom is -0.394 e. The van der Waals surface area contributed by atoms with E-state index >= 15 is 0 Å². The molecule has 2 rings (SSSR count). The summed E-state index contributed by atoms with van der Waals surface area (Å²) in [6.07, 6.45) is 4.00. The van der Waals surface area contributed by atoms with Gasteiger partial charge in [0.05, 0.1) is 12.1 Å². The molecule has 5 heteroatoms. The van der Waals surface area contributed by atoms with Crippen LogP contribution in [0.3, 0.4) is 0 Å². The first-order valence-electron chi connectivity index (χ1n) is 5.28. The van der Waals surface area contributed by atoms with Gasteiger partial charge in [-0.1, -0.05) is 0 Å². The molecule has 1 aromatic rings. The van der Waals surface area contributed by atoms with Gasteiger partial charge >= 0.3 is 0 Å². The SMILES string of the molecule is O=C(NC1(CO)CCC1)c1ccc[nH]c1=O. The molecule has 1 aromatic heterocycles. The minimum atomic E-state index is -0.515. The fraction of sp³-hybridized carbons (Fsp3) is 0.455. The maximum Gasteiger partial charge on any atom is 0.260 e. The first kappa shape index (κ1) is 10.9. The highest BCUT2D eigenvalue weighted by molar-refractivity contribution is 5.94. The quantitative estimate of drug-likeness (QED) is 0.674. The van der Waals surface area contributed by atoms with Crippen LogP contribution in [-0.4, -0.2) is 28.1 Å². The van der Waals surface area contributed by atoms with Crippen molar-refractivity contribution in [3.8, 4) is 0 Å². The average Bonchev–Trinajstić information content (AvgIpc) is 2.24. The Morgan fingerprint density at radius 1 is 1.56 bits per heavy atom. The van der Waals surface area contributed by atoms with E-state index in [1.807, 2.05) is 0 Å². The van der Waals surface area contributed by atoms with Gasteiger partial charge in [0.15, 0.2) is 0 Å². The van der Waals surface area contributed by atoms with Gasteiger partial charge in [0.2, 0.25) is 0 Å². The number of hydrogen-bond donors (Lipinski definition) is 3. The summed E-state index contributed by atoms with van der Waals surface area (Å²) in [5, 5.41) is 11.9. The molecule has 0 radical (unpaired) electrons. The summed E-state index contributed by atoms with van der Waals surface area (Å²) < 4.78 is 0. The molecule has 0 saturated heterocycles. The van der Waals surface area contributed by atoms with Crippen LogP contribution in [0.4, 0.5) is 0 Å². The van der Waals surface area contributed by atoms with Crippen molar-refractivity contribution in [3.63, 3.8) is 0 Å². The third kappa shape index (κ3) is 1.86. The molecule has 3 N–H and O–H groups in total. The number of aliphatic hydroxyl groups excluding tert-OH is 1. The number of aliphatic hydroxyl groups is 1. The lowest BCUT2D eigenvalue weighted by molar-refractivity contribution is 0.0640. The summed E-state index contributed by atoms with van der Waals surface area (Å²) in [6.45, 7) is -0.0799. The summed E-state index contributed by atoms with van der Waals surface area (Å²) in [4.78, 5) is 25.6. The number of amides is 1. The molecular weight excluding hydrogens is 208 g/mol. The van der Waals surface area contributed by atoms with E-state index in [4.69, 9.17) is 0 Å². The van der Waals surface area contributed by atoms with Crippen LogP contribution in [-0.2, 0) is 0 Å². The lowest BCUT2D eigenvalue weighted by Gasteiger charge is -2.40. The van der Waals surface area contributed by atoms with E-state index in [1.54, 1.807) is 6.07 Å². The van der Waals surface area contributed by atoms with Crippen LogP contribution in [0.2, 0.25) is 0 Å². The first-order chi connectivity index (χ1) is 7.67. The summed E-state index contributed by atoms with van der Waals surface area (Å²) in [6, 6.07) is 3.07. The van der Waals surface area contributed by atoms with E-state index in [0.717, 1.165) is 19.3 Å². The lowest BCUT2D eigenvalue weighted by atomic mass is 9.77. The summed E-state index contributed by atoms with van der Waals surface area (Å²) >= 11 is 0. The van der Waals surface area contributed by atoms with E-state index in [2.05, 4.69) is 10.3 Å². The van der Waals surface area contributed by atoms with Crippen LogP contribution in [0.1, 0.15) is 29.6 Å². The van der Waals surface area contributed by atoms with Crippen LogP contribution < -0.4 is 10.9 Å². The third-order valence-corrected chi connectivity index (χ3v) is 3.05. The van der Waals surface area contributed by atoms with Crippen molar-refractivity contribution in [1.82, 2.24) is 10.3 Å². The Labute approximate surface area is 92.5 Å². The number of carbonyl (C=O) groups excluding carboxylic acids is 1. The van der Waals surface area contributed by atoms with Crippen molar-refractivity contribution in [2.24, 2.45) is 0 Å². The molecule has 0 unspecified atom stereocenters. The van der Waals surface area contributed by atoms with Crippen molar-refractivity contribution < 1.29 is 9.90 Å². The highest BCUT2D eigenvalue weighted by Crippen LogP contribution is 2.31. The molecule has 16 heavy (non-hydrogen) atoms. The average molecular weight is 222 g/mol. The van der Waals surface area contributed by atoms with Gasteiger partial charge in [-0.05, 0) is 31.4 Å². The maximum absolute atomic E-state index is 11.8. The van der Waals surface area contributed by atoms with Crippen molar-refractivity contribution in [3.05, 3.63) is 34.2 Å². The molecule has 1 amide bonds. The second-order valence-electron chi connectivity index (χ2n) is 4.16. The zero-order chi connectivity index (χ0) is 11.6. The number of nitrogens with one attached hydrogen (secondary N) is 2. The maximum atomic E-state index is 11.8. The van der Waals surface area contributed by atoms with Gasteiger partial charge in [-0.3, -0.25) is 9.59 Å². The van der Waals surface area contributed by atoms with Gasteiger partial charge in [-0.15, -0.1) is 0 Å². The second-order valence-corrected chi connectivity index (χ2v) is 4.16. The van der Waals surface area contributed by atoms with Crippen LogP contribution in [0.25, 0.3) is 0 Å². The molecule has 1 saturated carbocycles. The van der Waals surface area contributed by atoms with Crippen LogP contribution in [0, 0.1) is 0 Å². The molecule has 0 spiro atoms. The number of pyridine rings is 1. The van der Waals surface area contributed by atoms with Crippen LogP contribution in [0.15, 0.2) is 23.1 Å². The van der Waals surface area contributed by atoms with Gasteiger partial charge in [-0.2, -0.15) is 0 Å². The Hall–Kier alpha value is -1.62. The molecule has 0 atom stereocenters. The molecule has 0 bridgehead atoms. The van der Waals surface area contributed by atoms with E-state index in [9.17, 15) is 14.7 Å². The summed E-state index contributed by atoms with van der Waals surface area (Å²) in [5.41, 5.74) is -0.839. The Bertz CT molecular complexity index is 443. The van der Waals surface area contributed by atoms with Crippen molar-refractivity contribution in [2.45, 2.75) is 24.8 Å². The van der Waals surface area contributed by atoms with E-state index in [0.29, 0.717) is 0 Å². The molecular formula is C11H14N2O3.